The number of azide groups is 1. The fourth-order valence-corrected chi connectivity index (χ4v) is 2.97. The molecule has 0 amide bonds. The molecule has 0 atom stereocenters. The molecule has 1 heterocycles. The van der Waals surface area contributed by atoms with Crippen molar-refractivity contribution >= 4 is 0 Å². The molecule has 108 valence electrons. The Hall–Kier alpha value is -1.74. The van der Waals surface area contributed by atoms with E-state index in [-0.39, 0.29) is 5.56 Å². The molecule has 0 unspecified atom stereocenters. The summed E-state index contributed by atoms with van der Waals surface area (Å²) in [4.78, 5) is 15.1. The van der Waals surface area contributed by atoms with E-state index in [1.54, 1.807) is 0 Å². The SMILES string of the molecule is Cc1cc2c(n(CCCN=[N+]=[N-])c1=O)CCCCCC2. The van der Waals surface area contributed by atoms with Gasteiger partial charge in [-0.3, -0.25) is 4.79 Å². The fourth-order valence-electron chi connectivity index (χ4n) is 2.97. The molecule has 0 aliphatic heterocycles. The molecule has 0 saturated heterocycles. The van der Waals surface area contributed by atoms with Crippen LogP contribution >= 0.6 is 0 Å². The molecule has 0 fully saturated rings. The van der Waals surface area contributed by atoms with Gasteiger partial charge >= 0.3 is 0 Å². The number of nitrogens with zero attached hydrogens (tertiary/aromatic N) is 4. The standard InChI is InChI=1S/C15H22N4O/c1-12-11-13-7-4-2-3-5-8-14(13)19(15(12)20)10-6-9-17-18-16/h11H,2-10H2,1H3. The lowest BCUT2D eigenvalue weighted by molar-refractivity contribution is 0.546. The minimum atomic E-state index is 0.116. The summed E-state index contributed by atoms with van der Waals surface area (Å²) in [5.74, 6) is 0. The average Bonchev–Trinajstić information content (AvgIpc) is 2.41. The molecule has 20 heavy (non-hydrogen) atoms. The monoisotopic (exact) mass is 274 g/mol. The summed E-state index contributed by atoms with van der Waals surface area (Å²) < 4.78 is 1.92. The van der Waals surface area contributed by atoms with Gasteiger partial charge in [0.25, 0.3) is 5.56 Å². The van der Waals surface area contributed by atoms with Crippen LogP contribution in [-0.4, -0.2) is 11.1 Å². The maximum Gasteiger partial charge on any atom is 0.253 e. The Kier molecular flexibility index (Phi) is 5.24. The van der Waals surface area contributed by atoms with Crippen molar-refractivity contribution in [3.8, 4) is 0 Å². The molecule has 0 radical (unpaired) electrons. The van der Waals surface area contributed by atoms with E-state index < -0.39 is 0 Å². The average molecular weight is 274 g/mol. The Morgan fingerprint density at radius 3 is 2.80 bits per heavy atom. The molecular formula is C15H22N4O. The number of aromatic nitrogens is 1. The zero-order chi connectivity index (χ0) is 14.4. The van der Waals surface area contributed by atoms with Crippen molar-refractivity contribution in [2.24, 2.45) is 5.11 Å². The molecule has 2 rings (SSSR count). The molecule has 0 bridgehead atoms. The molecule has 0 spiro atoms. The summed E-state index contributed by atoms with van der Waals surface area (Å²) >= 11 is 0. The van der Waals surface area contributed by atoms with Crippen LogP contribution in [0.4, 0.5) is 0 Å². The number of hydrogen-bond acceptors (Lipinski definition) is 2. The van der Waals surface area contributed by atoms with Crippen molar-refractivity contribution in [1.82, 2.24) is 4.57 Å². The molecular weight excluding hydrogens is 252 g/mol. The van der Waals surface area contributed by atoms with Crippen LogP contribution in [0.5, 0.6) is 0 Å². The first-order valence-corrected chi connectivity index (χ1v) is 7.47. The van der Waals surface area contributed by atoms with Crippen LogP contribution in [0.15, 0.2) is 16.0 Å². The number of hydrogen-bond donors (Lipinski definition) is 0. The molecule has 5 heteroatoms. The molecule has 0 saturated carbocycles. The Morgan fingerprint density at radius 2 is 2.05 bits per heavy atom. The van der Waals surface area contributed by atoms with Gasteiger partial charge in [0.2, 0.25) is 0 Å². The molecule has 1 aliphatic rings. The molecule has 0 aromatic carbocycles. The van der Waals surface area contributed by atoms with Crippen molar-refractivity contribution in [2.75, 3.05) is 6.54 Å². The van der Waals surface area contributed by atoms with Gasteiger partial charge in [0, 0.05) is 29.3 Å². The summed E-state index contributed by atoms with van der Waals surface area (Å²) in [5, 5.41) is 3.55. The second-order valence-electron chi connectivity index (χ2n) is 5.48. The maximum atomic E-state index is 12.4. The van der Waals surface area contributed by atoms with Crippen molar-refractivity contribution in [3.05, 3.63) is 43.7 Å². The Labute approximate surface area is 119 Å². The Balaban J connectivity index is 2.31. The van der Waals surface area contributed by atoms with E-state index in [1.807, 2.05) is 11.5 Å². The minimum absolute atomic E-state index is 0.116. The van der Waals surface area contributed by atoms with Crippen LogP contribution < -0.4 is 5.56 Å². The highest BCUT2D eigenvalue weighted by Gasteiger charge is 2.14. The van der Waals surface area contributed by atoms with Crippen LogP contribution in [0.2, 0.25) is 0 Å². The lowest BCUT2D eigenvalue weighted by Gasteiger charge is -2.20. The second-order valence-corrected chi connectivity index (χ2v) is 5.48. The predicted molar refractivity (Wildman–Crippen MR) is 79.9 cm³/mol. The summed E-state index contributed by atoms with van der Waals surface area (Å²) in [6.07, 6.45) is 7.70. The van der Waals surface area contributed by atoms with Gasteiger partial charge in [0.1, 0.15) is 0 Å². The van der Waals surface area contributed by atoms with Gasteiger partial charge in [-0.25, -0.2) is 0 Å². The maximum absolute atomic E-state index is 12.4. The highest BCUT2D eigenvalue weighted by atomic mass is 16.1. The zero-order valence-corrected chi connectivity index (χ0v) is 12.1. The zero-order valence-electron chi connectivity index (χ0n) is 12.1. The smallest absolute Gasteiger partial charge is 0.253 e. The highest BCUT2D eigenvalue weighted by Crippen LogP contribution is 2.20. The van der Waals surface area contributed by atoms with Crippen LogP contribution in [0.3, 0.4) is 0 Å². The second kappa shape index (κ2) is 7.15. The van der Waals surface area contributed by atoms with E-state index in [4.69, 9.17) is 5.53 Å². The van der Waals surface area contributed by atoms with E-state index in [9.17, 15) is 4.79 Å². The summed E-state index contributed by atoms with van der Waals surface area (Å²) in [5.41, 5.74) is 11.8. The first kappa shape index (κ1) is 14.7. The number of rotatable bonds is 4. The predicted octanol–water partition coefficient (Wildman–Crippen LogP) is 3.52. The summed E-state index contributed by atoms with van der Waals surface area (Å²) in [6.45, 7) is 3.00. The van der Waals surface area contributed by atoms with Gasteiger partial charge in [-0.15, -0.1) is 0 Å². The highest BCUT2D eigenvalue weighted by molar-refractivity contribution is 5.27. The third-order valence-electron chi connectivity index (χ3n) is 3.98. The van der Waals surface area contributed by atoms with Crippen LogP contribution in [-0.2, 0) is 19.4 Å². The number of aryl methyl sites for hydroxylation is 2. The van der Waals surface area contributed by atoms with Crippen LogP contribution in [0.25, 0.3) is 10.4 Å². The quantitative estimate of drug-likeness (QED) is 0.358. The number of fused-ring (bicyclic) bond motifs is 1. The topological polar surface area (TPSA) is 70.8 Å². The van der Waals surface area contributed by atoms with Gasteiger partial charge in [-0.2, -0.15) is 0 Å². The molecule has 5 nitrogen and oxygen atoms in total. The van der Waals surface area contributed by atoms with E-state index >= 15 is 0 Å². The van der Waals surface area contributed by atoms with E-state index in [0.717, 1.165) is 31.2 Å². The summed E-state index contributed by atoms with van der Waals surface area (Å²) in [6, 6.07) is 2.08. The van der Waals surface area contributed by atoms with Gasteiger partial charge in [0.15, 0.2) is 0 Å². The summed E-state index contributed by atoms with van der Waals surface area (Å²) in [7, 11) is 0. The van der Waals surface area contributed by atoms with E-state index in [0.29, 0.717) is 13.1 Å². The first-order valence-electron chi connectivity index (χ1n) is 7.47. The first-order chi connectivity index (χ1) is 9.74. The number of pyridine rings is 1. The molecule has 0 N–H and O–H groups in total. The lowest BCUT2D eigenvalue weighted by Crippen LogP contribution is -2.28. The fraction of sp³-hybridized carbons (Fsp3) is 0.667. The van der Waals surface area contributed by atoms with Crippen LogP contribution in [0, 0.1) is 6.92 Å². The van der Waals surface area contributed by atoms with E-state index in [1.165, 1.54) is 30.5 Å². The van der Waals surface area contributed by atoms with Crippen LogP contribution in [0.1, 0.15) is 48.9 Å². The molecule has 1 aromatic rings. The molecule has 1 aromatic heterocycles. The van der Waals surface area contributed by atoms with Crippen molar-refractivity contribution in [3.63, 3.8) is 0 Å². The molecule has 1 aliphatic carbocycles. The Morgan fingerprint density at radius 1 is 1.30 bits per heavy atom. The largest absolute Gasteiger partial charge is 0.312 e. The third-order valence-corrected chi connectivity index (χ3v) is 3.98. The van der Waals surface area contributed by atoms with Gasteiger partial charge in [-0.05, 0) is 56.2 Å². The van der Waals surface area contributed by atoms with Gasteiger partial charge < -0.3 is 4.57 Å². The third kappa shape index (κ3) is 3.42. The van der Waals surface area contributed by atoms with Gasteiger partial charge in [0.05, 0.1) is 0 Å². The Bertz CT molecular complexity index is 570. The normalized spacial score (nSPS) is 14.8. The van der Waals surface area contributed by atoms with Gasteiger partial charge in [-0.1, -0.05) is 18.0 Å². The van der Waals surface area contributed by atoms with Crippen molar-refractivity contribution in [1.29, 1.82) is 0 Å². The van der Waals surface area contributed by atoms with E-state index in [2.05, 4.69) is 16.1 Å². The minimum Gasteiger partial charge on any atom is -0.312 e. The van der Waals surface area contributed by atoms with Crippen molar-refractivity contribution < 1.29 is 0 Å². The lowest BCUT2D eigenvalue weighted by atomic mass is 9.95. The van der Waals surface area contributed by atoms with Crippen molar-refractivity contribution in [2.45, 2.75) is 58.4 Å².